The molecule has 0 aliphatic heterocycles. The van der Waals surface area contributed by atoms with Gasteiger partial charge in [-0.25, -0.2) is 17.6 Å². The van der Waals surface area contributed by atoms with Crippen molar-refractivity contribution < 1.29 is 17.6 Å². The third kappa shape index (κ3) is 5.67. The third-order valence-electron chi connectivity index (χ3n) is 4.85. The van der Waals surface area contributed by atoms with Gasteiger partial charge in [-0.15, -0.1) is 0 Å². The fourth-order valence-corrected chi connectivity index (χ4v) is 3.44. The first-order valence-corrected chi connectivity index (χ1v) is 8.44. The molecule has 23 heavy (non-hydrogen) atoms. The molecule has 0 saturated heterocycles. The van der Waals surface area contributed by atoms with Crippen LogP contribution in [-0.4, -0.2) is 6.67 Å². The van der Waals surface area contributed by atoms with Gasteiger partial charge in [0.2, 0.25) is 0 Å². The van der Waals surface area contributed by atoms with Gasteiger partial charge in [0.15, 0.2) is 17.5 Å². The zero-order chi connectivity index (χ0) is 16.7. The van der Waals surface area contributed by atoms with E-state index in [4.69, 9.17) is 0 Å². The molecule has 0 N–H and O–H groups in total. The fourth-order valence-electron chi connectivity index (χ4n) is 3.44. The molecule has 4 heteroatoms. The van der Waals surface area contributed by atoms with Gasteiger partial charge in [0.05, 0.1) is 0 Å². The van der Waals surface area contributed by atoms with Gasteiger partial charge in [-0.05, 0) is 55.2 Å². The second-order valence-electron chi connectivity index (χ2n) is 6.50. The lowest BCUT2D eigenvalue weighted by molar-refractivity contribution is 0.254. The third-order valence-corrected chi connectivity index (χ3v) is 4.85. The van der Waals surface area contributed by atoms with Gasteiger partial charge in [-0.3, -0.25) is 0 Å². The lowest BCUT2D eigenvalue weighted by Gasteiger charge is -2.28. The van der Waals surface area contributed by atoms with Crippen LogP contribution < -0.4 is 0 Å². The Morgan fingerprint density at radius 1 is 0.870 bits per heavy atom. The zero-order valence-electron chi connectivity index (χ0n) is 13.3. The van der Waals surface area contributed by atoms with Crippen LogP contribution in [0.15, 0.2) is 24.3 Å². The Kier molecular flexibility index (Phi) is 7.13. The summed E-state index contributed by atoms with van der Waals surface area (Å²) in [7, 11) is 0. The average molecular weight is 328 g/mol. The van der Waals surface area contributed by atoms with E-state index in [1.165, 1.54) is 12.8 Å². The number of allylic oxidation sites excluding steroid dienone is 2. The van der Waals surface area contributed by atoms with E-state index in [-0.39, 0.29) is 0 Å². The van der Waals surface area contributed by atoms with Gasteiger partial charge >= 0.3 is 0 Å². The maximum absolute atomic E-state index is 13.2. The first-order valence-electron chi connectivity index (χ1n) is 8.44. The van der Waals surface area contributed by atoms with E-state index in [1.54, 1.807) is 6.08 Å². The summed E-state index contributed by atoms with van der Waals surface area (Å²) in [6.45, 7) is -0.392. The van der Waals surface area contributed by atoms with E-state index >= 15 is 0 Å². The molecule has 0 unspecified atom stereocenters. The quantitative estimate of drug-likeness (QED) is 0.320. The van der Waals surface area contributed by atoms with Crippen LogP contribution in [0.4, 0.5) is 17.6 Å². The average Bonchev–Trinajstić information content (AvgIpc) is 2.55. The van der Waals surface area contributed by atoms with Crippen molar-refractivity contribution in [3.63, 3.8) is 0 Å². The molecule has 0 atom stereocenters. The molecule has 0 amide bonds. The molecular weight excluding hydrogens is 304 g/mol. The highest BCUT2D eigenvalue weighted by Gasteiger charge is 2.21. The summed E-state index contributed by atoms with van der Waals surface area (Å²) in [5.41, 5.74) is 0.528. The molecule has 0 nitrogen and oxygen atoms in total. The van der Waals surface area contributed by atoms with Gasteiger partial charge in [-0.2, -0.15) is 0 Å². The van der Waals surface area contributed by atoms with Crippen LogP contribution in [0.1, 0.15) is 50.5 Å². The zero-order valence-corrected chi connectivity index (χ0v) is 13.3. The van der Waals surface area contributed by atoms with Crippen LogP contribution in [0.25, 0.3) is 0 Å². The predicted molar refractivity (Wildman–Crippen MR) is 84.4 cm³/mol. The van der Waals surface area contributed by atoms with E-state index in [0.717, 1.165) is 44.2 Å². The molecule has 1 aromatic carbocycles. The number of rotatable bonds is 7. The van der Waals surface area contributed by atoms with Gasteiger partial charge in [0.25, 0.3) is 0 Å². The Morgan fingerprint density at radius 3 is 2.00 bits per heavy atom. The molecule has 128 valence electrons. The number of alkyl halides is 1. The monoisotopic (exact) mass is 328 g/mol. The van der Waals surface area contributed by atoms with Crippen molar-refractivity contribution in [1.29, 1.82) is 0 Å². The number of benzene rings is 1. The topological polar surface area (TPSA) is 0 Å². The maximum atomic E-state index is 13.2. The lowest BCUT2D eigenvalue weighted by atomic mass is 9.78. The Hall–Kier alpha value is -1.32. The highest BCUT2D eigenvalue weighted by molar-refractivity contribution is 5.19. The Balaban J connectivity index is 1.71. The smallest absolute Gasteiger partial charge is 0.194 e. The molecule has 1 aliphatic rings. The molecule has 0 bridgehead atoms. The SMILES string of the molecule is FC/C=C/CC[C@H]1CC[C@H](CCc2cc(F)c(F)c(F)c2)CC1. The summed E-state index contributed by atoms with van der Waals surface area (Å²) in [4.78, 5) is 0. The molecule has 1 saturated carbocycles. The minimum atomic E-state index is -1.39. The Labute approximate surface area is 135 Å². The van der Waals surface area contributed by atoms with Crippen LogP contribution in [-0.2, 0) is 6.42 Å². The van der Waals surface area contributed by atoms with Crippen molar-refractivity contribution in [3.8, 4) is 0 Å². The standard InChI is InChI=1S/C19H24F4/c20-11-3-1-2-4-14-5-7-15(8-6-14)9-10-16-12-17(21)19(23)18(22)13-16/h1,3,12-15H,2,4-11H2/b3-1+/t14-,15-. The second-order valence-corrected chi connectivity index (χ2v) is 6.50. The molecule has 1 fully saturated rings. The van der Waals surface area contributed by atoms with Crippen LogP contribution in [0.5, 0.6) is 0 Å². The van der Waals surface area contributed by atoms with Crippen molar-refractivity contribution >= 4 is 0 Å². The predicted octanol–water partition coefficient (Wildman–Crippen LogP) is 6.15. The summed E-state index contributed by atoms with van der Waals surface area (Å²) in [6.07, 6.45) is 11.6. The summed E-state index contributed by atoms with van der Waals surface area (Å²) in [6, 6.07) is 2.20. The minimum absolute atomic E-state index is 0.392. The van der Waals surface area contributed by atoms with Gasteiger partial charge < -0.3 is 0 Å². The Bertz CT molecular complexity index is 493. The minimum Gasteiger partial charge on any atom is -0.247 e. The first-order chi connectivity index (χ1) is 11.1. The van der Waals surface area contributed by atoms with E-state index in [0.29, 0.717) is 23.8 Å². The van der Waals surface area contributed by atoms with Crippen molar-refractivity contribution in [3.05, 3.63) is 47.3 Å². The Morgan fingerprint density at radius 2 is 1.43 bits per heavy atom. The fraction of sp³-hybridized carbons (Fsp3) is 0.579. The summed E-state index contributed by atoms with van der Waals surface area (Å²) in [5.74, 6) is -2.33. The molecule has 2 rings (SSSR count). The maximum Gasteiger partial charge on any atom is 0.194 e. The highest BCUT2D eigenvalue weighted by atomic mass is 19.2. The summed E-state index contributed by atoms with van der Waals surface area (Å²) < 4.78 is 51.2. The van der Waals surface area contributed by atoms with Crippen LogP contribution >= 0.6 is 0 Å². The van der Waals surface area contributed by atoms with Crippen molar-refractivity contribution in [2.24, 2.45) is 11.8 Å². The van der Waals surface area contributed by atoms with Gasteiger partial charge in [0, 0.05) is 0 Å². The summed E-state index contributed by atoms with van der Waals surface area (Å²) >= 11 is 0. The lowest BCUT2D eigenvalue weighted by Crippen LogP contribution is -2.15. The second kappa shape index (κ2) is 9.09. The van der Waals surface area contributed by atoms with Gasteiger partial charge in [0.1, 0.15) is 6.67 Å². The number of hydrogen-bond acceptors (Lipinski definition) is 0. The van der Waals surface area contributed by atoms with E-state index in [1.807, 2.05) is 6.08 Å². The molecule has 0 heterocycles. The van der Waals surface area contributed by atoms with Crippen LogP contribution in [0.3, 0.4) is 0 Å². The molecule has 0 radical (unpaired) electrons. The van der Waals surface area contributed by atoms with Crippen molar-refractivity contribution in [2.45, 2.75) is 51.4 Å². The van der Waals surface area contributed by atoms with Crippen LogP contribution in [0, 0.1) is 29.3 Å². The molecule has 1 aromatic rings. The van der Waals surface area contributed by atoms with Crippen LogP contribution in [0.2, 0.25) is 0 Å². The normalized spacial score (nSPS) is 21.9. The van der Waals surface area contributed by atoms with E-state index in [2.05, 4.69) is 0 Å². The first kappa shape index (κ1) is 18.0. The molecule has 0 aromatic heterocycles. The largest absolute Gasteiger partial charge is 0.247 e. The number of hydrogen-bond donors (Lipinski definition) is 0. The van der Waals surface area contributed by atoms with E-state index in [9.17, 15) is 17.6 Å². The van der Waals surface area contributed by atoms with Gasteiger partial charge in [-0.1, -0.05) is 37.8 Å². The molecular formula is C19H24F4. The number of halogens is 4. The molecule has 0 spiro atoms. The highest BCUT2D eigenvalue weighted by Crippen LogP contribution is 2.34. The van der Waals surface area contributed by atoms with E-state index < -0.39 is 24.1 Å². The van der Waals surface area contributed by atoms with Crippen molar-refractivity contribution in [2.75, 3.05) is 6.67 Å². The molecule has 1 aliphatic carbocycles. The van der Waals surface area contributed by atoms with Crippen molar-refractivity contribution in [1.82, 2.24) is 0 Å². The summed E-state index contributed by atoms with van der Waals surface area (Å²) in [5, 5.41) is 0. The number of aryl methyl sites for hydroxylation is 1.